The lowest BCUT2D eigenvalue weighted by Gasteiger charge is -2.29. The van der Waals surface area contributed by atoms with Crippen LogP contribution in [0.15, 0.2) is 24.3 Å². The molecule has 20 heavy (non-hydrogen) atoms. The molecule has 0 radical (unpaired) electrons. The number of rotatable bonds is 6. The van der Waals surface area contributed by atoms with Gasteiger partial charge in [0.15, 0.2) is 0 Å². The summed E-state index contributed by atoms with van der Waals surface area (Å²) >= 11 is 0. The topological polar surface area (TPSA) is 75.6 Å². The molecule has 0 saturated heterocycles. The lowest BCUT2D eigenvalue weighted by atomic mass is 10.1. The fraction of sp³-hybridized carbons (Fsp3) is 0.429. The lowest BCUT2D eigenvalue weighted by Crippen LogP contribution is -2.58. The van der Waals surface area contributed by atoms with Crippen LogP contribution >= 0.6 is 0 Å². The van der Waals surface area contributed by atoms with Crippen LogP contribution < -0.4 is 10.2 Å². The maximum Gasteiger partial charge on any atom is 0.336 e. The van der Waals surface area contributed by atoms with Crippen molar-refractivity contribution in [2.75, 3.05) is 27.7 Å². The second kappa shape index (κ2) is 6.49. The van der Waals surface area contributed by atoms with E-state index in [1.807, 2.05) is 0 Å². The quantitative estimate of drug-likeness (QED) is 0.342. The molecule has 2 N–H and O–H groups in total. The van der Waals surface area contributed by atoms with Gasteiger partial charge in [0.1, 0.15) is 18.4 Å². The number of hydrogen-bond acceptors (Lipinski definition) is 4. The fourth-order valence-corrected chi connectivity index (χ4v) is 1.91. The average molecular weight is 281 g/mol. The average Bonchev–Trinajstić information content (AvgIpc) is 2.35. The first-order valence-corrected chi connectivity index (χ1v) is 6.27. The number of amides is 1. The number of carbonyl (C=O) groups excluding carboxylic acids is 2. The molecule has 1 amide bonds. The molecule has 6 heteroatoms. The number of nitrogens with zero attached hydrogens (tertiary/aromatic N) is 1. The zero-order chi connectivity index (χ0) is 15.3. The highest BCUT2D eigenvalue weighted by molar-refractivity contribution is 6.42. The number of methoxy groups -OCH3 is 1. The van der Waals surface area contributed by atoms with Crippen LogP contribution in [-0.2, 0) is 4.79 Å². The van der Waals surface area contributed by atoms with Gasteiger partial charge in [-0.05, 0) is 31.2 Å². The van der Waals surface area contributed by atoms with E-state index in [1.165, 1.54) is 19.2 Å². The van der Waals surface area contributed by atoms with E-state index in [0.29, 0.717) is 17.9 Å². The maximum atomic E-state index is 12.0. The van der Waals surface area contributed by atoms with Crippen LogP contribution in [0.25, 0.3) is 0 Å². The largest absolute Gasteiger partial charge is 0.497 e. The monoisotopic (exact) mass is 281 g/mol. The van der Waals surface area contributed by atoms with Crippen LogP contribution in [0, 0.1) is 0 Å². The summed E-state index contributed by atoms with van der Waals surface area (Å²) in [4.78, 5) is 23.9. The Morgan fingerprint density at radius 2 is 1.85 bits per heavy atom. The Hall–Kier alpha value is -1.92. The van der Waals surface area contributed by atoms with Crippen molar-refractivity contribution in [1.82, 2.24) is 5.43 Å². The first-order valence-electron chi connectivity index (χ1n) is 6.27. The Bertz CT molecular complexity index is 480. The Balaban J connectivity index is 2.73. The first-order chi connectivity index (χ1) is 9.25. The fourth-order valence-electron chi connectivity index (χ4n) is 1.91. The van der Waals surface area contributed by atoms with Gasteiger partial charge in [-0.1, -0.05) is 0 Å². The molecule has 1 atom stereocenters. The van der Waals surface area contributed by atoms with Crippen molar-refractivity contribution in [3.63, 3.8) is 0 Å². The molecule has 0 aliphatic heterocycles. The summed E-state index contributed by atoms with van der Waals surface area (Å²) in [5.74, 6) is -0.711. The van der Waals surface area contributed by atoms with Gasteiger partial charge < -0.3 is 9.84 Å². The van der Waals surface area contributed by atoms with Gasteiger partial charge in [-0.25, -0.2) is 4.59 Å². The molecule has 0 fully saturated rings. The minimum absolute atomic E-state index is 0.0262. The summed E-state index contributed by atoms with van der Waals surface area (Å²) in [6.45, 7) is 1.93. The molecule has 0 heterocycles. The number of ether oxygens (including phenoxy) is 1. The van der Waals surface area contributed by atoms with E-state index in [0.717, 1.165) is 0 Å². The van der Waals surface area contributed by atoms with Crippen molar-refractivity contribution < 1.29 is 24.0 Å². The number of aliphatic hydroxyl groups excluding tert-OH is 1. The SMILES string of the molecule is COc1ccc(C(=O)C(=O)N[N+](C)(C)CC(C)O)cc1. The van der Waals surface area contributed by atoms with Crippen molar-refractivity contribution in [3.05, 3.63) is 29.8 Å². The minimum atomic E-state index is -0.708. The molecule has 110 valence electrons. The number of benzene rings is 1. The maximum absolute atomic E-state index is 12.0. The van der Waals surface area contributed by atoms with Crippen molar-refractivity contribution >= 4 is 11.7 Å². The zero-order valence-corrected chi connectivity index (χ0v) is 12.2. The Morgan fingerprint density at radius 3 is 2.30 bits per heavy atom. The predicted octanol–water partition coefficient (Wildman–Crippen LogP) is 0.366. The van der Waals surface area contributed by atoms with Gasteiger partial charge >= 0.3 is 5.91 Å². The van der Waals surface area contributed by atoms with Gasteiger partial charge in [-0.15, -0.1) is 0 Å². The number of aliphatic hydroxyl groups is 1. The molecule has 1 rings (SSSR count). The Kier molecular flexibility index (Phi) is 5.24. The molecule has 1 aromatic rings. The van der Waals surface area contributed by atoms with Gasteiger partial charge in [0.2, 0.25) is 0 Å². The summed E-state index contributed by atoms with van der Waals surface area (Å²) in [7, 11) is 4.93. The molecule has 1 aromatic carbocycles. The third-order valence-corrected chi connectivity index (χ3v) is 2.68. The normalized spacial score (nSPS) is 12.7. The van der Waals surface area contributed by atoms with Crippen molar-refractivity contribution in [3.8, 4) is 5.75 Å². The lowest BCUT2D eigenvalue weighted by molar-refractivity contribution is -0.927. The summed E-state index contributed by atoms with van der Waals surface area (Å²) in [6, 6.07) is 6.32. The molecular formula is C14H21N2O4+. The van der Waals surface area contributed by atoms with E-state index in [1.54, 1.807) is 33.2 Å². The van der Waals surface area contributed by atoms with Gasteiger partial charge in [-0.2, -0.15) is 5.43 Å². The number of carbonyl (C=O) groups is 2. The van der Waals surface area contributed by atoms with Crippen LogP contribution in [0.4, 0.5) is 0 Å². The van der Waals surface area contributed by atoms with Crippen LogP contribution in [0.1, 0.15) is 17.3 Å². The second-order valence-electron chi connectivity index (χ2n) is 5.22. The van der Waals surface area contributed by atoms with Crippen molar-refractivity contribution in [2.24, 2.45) is 0 Å². The Labute approximate surface area is 118 Å². The summed E-state index contributed by atoms with van der Waals surface area (Å²) in [6.07, 6.45) is -0.582. The summed E-state index contributed by atoms with van der Waals surface area (Å²) in [5, 5.41) is 9.35. The molecule has 6 nitrogen and oxygen atoms in total. The minimum Gasteiger partial charge on any atom is -0.497 e. The molecular weight excluding hydrogens is 260 g/mol. The number of quaternary nitrogens is 1. The van der Waals surface area contributed by atoms with Crippen LogP contribution in [0.5, 0.6) is 5.75 Å². The van der Waals surface area contributed by atoms with Gasteiger partial charge in [0.05, 0.1) is 21.2 Å². The molecule has 0 aliphatic carbocycles. The zero-order valence-electron chi connectivity index (χ0n) is 12.2. The highest BCUT2D eigenvalue weighted by Crippen LogP contribution is 2.12. The van der Waals surface area contributed by atoms with Crippen LogP contribution in [-0.4, -0.2) is 55.2 Å². The van der Waals surface area contributed by atoms with E-state index < -0.39 is 17.8 Å². The van der Waals surface area contributed by atoms with E-state index >= 15 is 0 Å². The smallest absolute Gasteiger partial charge is 0.336 e. The third kappa shape index (κ3) is 4.64. The number of hydrogen-bond donors (Lipinski definition) is 2. The Morgan fingerprint density at radius 1 is 1.30 bits per heavy atom. The van der Waals surface area contributed by atoms with E-state index in [4.69, 9.17) is 4.74 Å². The molecule has 0 saturated carbocycles. The summed E-state index contributed by atoms with van der Waals surface area (Å²) < 4.78 is 5.02. The number of Topliss-reactive ketones (excluding diaryl/α,β-unsaturated/α-hetero) is 1. The molecule has 0 aliphatic rings. The van der Waals surface area contributed by atoms with Crippen molar-refractivity contribution in [2.45, 2.75) is 13.0 Å². The number of nitrogens with one attached hydrogen (secondary N) is 1. The van der Waals surface area contributed by atoms with Gasteiger partial charge in [0, 0.05) is 5.56 Å². The van der Waals surface area contributed by atoms with Gasteiger partial charge in [0.25, 0.3) is 5.78 Å². The number of likely N-dealkylation sites (N-methyl/N-ethyl adjacent to an activating group) is 1. The van der Waals surface area contributed by atoms with Crippen LogP contribution in [0.3, 0.4) is 0 Å². The standard InChI is InChI=1S/C14H20N2O4/c1-10(17)9-16(2,3)15-14(19)13(18)11-5-7-12(20-4)8-6-11/h5-8,10,17H,9H2,1-4H3/p+1. The first kappa shape index (κ1) is 16.1. The third-order valence-electron chi connectivity index (χ3n) is 2.68. The van der Waals surface area contributed by atoms with Crippen LogP contribution in [0.2, 0.25) is 0 Å². The molecule has 0 aromatic heterocycles. The summed E-state index contributed by atoms with van der Waals surface area (Å²) in [5.41, 5.74) is 2.86. The predicted molar refractivity (Wildman–Crippen MR) is 74.1 cm³/mol. The highest BCUT2D eigenvalue weighted by Gasteiger charge is 2.26. The van der Waals surface area contributed by atoms with E-state index in [-0.39, 0.29) is 4.59 Å². The highest BCUT2D eigenvalue weighted by atomic mass is 16.5. The van der Waals surface area contributed by atoms with Gasteiger partial charge in [-0.3, -0.25) is 9.59 Å². The second-order valence-corrected chi connectivity index (χ2v) is 5.22. The molecule has 1 unspecified atom stereocenters. The van der Waals surface area contributed by atoms with E-state index in [9.17, 15) is 14.7 Å². The molecule has 0 bridgehead atoms. The van der Waals surface area contributed by atoms with Crippen molar-refractivity contribution in [1.29, 1.82) is 0 Å². The van der Waals surface area contributed by atoms with E-state index in [2.05, 4.69) is 5.43 Å². The molecule has 0 spiro atoms. The number of ketones is 1.